The van der Waals surface area contributed by atoms with Gasteiger partial charge >= 0.3 is 0 Å². The Bertz CT molecular complexity index is 1090. The lowest BCUT2D eigenvalue weighted by atomic mass is 9.86. The number of nitrogens with one attached hydrogen (secondary N) is 2. The van der Waals surface area contributed by atoms with Crippen LogP contribution in [0.3, 0.4) is 0 Å². The SMILES string of the molecule is O=C(CCc1nnc(-c2ccc(OCC3CCC3)cc2)[nH]c1=O)NCCCc1ccccc1. The monoisotopic (exact) mass is 446 g/mol. The van der Waals surface area contributed by atoms with Gasteiger partial charge < -0.3 is 15.0 Å². The second-order valence-corrected chi connectivity index (χ2v) is 8.52. The number of H-pyrrole nitrogens is 1. The van der Waals surface area contributed by atoms with Gasteiger partial charge in [-0.1, -0.05) is 36.8 Å². The summed E-state index contributed by atoms with van der Waals surface area (Å²) in [5.41, 5.74) is 1.96. The number of nitrogens with zero attached hydrogens (tertiary/aromatic N) is 2. The van der Waals surface area contributed by atoms with E-state index in [1.807, 2.05) is 42.5 Å². The molecule has 1 aromatic heterocycles. The van der Waals surface area contributed by atoms with Gasteiger partial charge in [-0.05, 0) is 61.4 Å². The molecule has 7 nitrogen and oxygen atoms in total. The smallest absolute Gasteiger partial charge is 0.273 e. The maximum absolute atomic E-state index is 12.4. The van der Waals surface area contributed by atoms with E-state index in [0.717, 1.165) is 30.8 Å². The molecule has 1 fully saturated rings. The van der Waals surface area contributed by atoms with E-state index in [0.29, 0.717) is 18.3 Å². The summed E-state index contributed by atoms with van der Waals surface area (Å²) in [6.45, 7) is 1.36. The molecular weight excluding hydrogens is 416 g/mol. The summed E-state index contributed by atoms with van der Waals surface area (Å²) >= 11 is 0. The molecule has 1 saturated carbocycles. The lowest BCUT2D eigenvalue weighted by Crippen LogP contribution is -2.26. The summed E-state index contributed by atoms with van der Waals surface area (Å²) < 4.78 is 5.81. The number of amides is 1. The van der Waals surface area contributed by atoms with Gasteiger partial charge in [0.2, 0.25) is 5.91 Å². The van der Waals surface area contributed by atoms with Gasteiger partial charge in [-0.3, -0.25) is 9.59 Å². The number of rotatable bonds is 11. The van der Waals surface area contributed by atoms with Gasteiger partial charge in [-0.25, -0.2) is 0 Å². The topological polar surface area (TPSA) is 97.0 Å². The highest BCUT2D eigenvalue weighted by Crippen LogP contribution is 2.27. The fourth-order valence-electron chi connectivity index (χ4n) is 3.72. The van der Waals surface area contributed by atoms with Gasteiger partial charge in [0.15, 0.2) is 5.82 Å². The van der Waals surface area contributed by atoms with E-state index in [4.69, 9.17) is 4.74 Å². The predicted octanol–water partition coefficient (Wildman–Crippen LogP) is 3.69. The summed E-state index contributed by atoms with van der Waals surface area (Å²) in [5, 5.41) is 11.1. The number of benzene rings is 2. The molecule has 3 aromatic rings. The number of ether oxygens (including phenoxy) is 1. The van der Waals surface area contributed by atoms with Crippen molar-refractivity contribution in [3.8, 4) is 17.1 Å². The molecule has 33 heavy (non-hydrogen) atoms. The van der Waals surface area contributed by atoms with E-state index in [1.165, 1.54) is 24.8 Å². The molecule has 2 N–H and O–H groups in total. The lowest BCUT2D eigenvalue weighted by Gasteiger charge is -2.25. The summed E-state index contributed by atoms with van der Waals surface area (Å²) in [7, 11) is 0. The molecule has 0 aliphatic heterocycles. The van der Waals surface area contributed by atoms with E-state index in [1.54, 1.807) is 0 Å². The van der Waals surface area contributed by atoms with Gasteiger partial charge in [-0.2, -0.15) is 0 Å². The van der Waals surface area contributed by atoms with Crippen molar-refractivity contribution >= 4 is 5.91 Å². The van der Waals surface area contributed by atoms with Crippen LogP contribution in [0.25, 0.3) is 11.4 Å². The lowest BCUT2D eigenvalue weighted by molar-refractivity contribution is -0.121. The molecule has 1 aliphatic rings. The Morgan fingerprint density at radius 3 is 2.52 bits per heavy atom. The first kappa shape index (κ1) is 22.7. The zero-order valence-corrected chi connectivity index (χ0v) is 18.8. The van der Waals surface area contributed by atoms with Crippen LogP contribution in [0.1, 0.15) is 43.4 Å². The summed E-state index contributed by atoms with van der Waals surface area (Å²) in [6.07, 6.45) is 6.04. The van der Waals surface area contributed by atoms with Gasteiger partial charge in [0.1, 0.15) is 11.4 Å². The van der Waals surface area contributed by atoms with Crippen LogP contribution >= 0.6 is 0 Å². The molecule has 7 heteroatoms. The molecule has 4 rings (SSSR count). The van der Waals surface area contributed by atoms with Gasteiger partial charge in [0, 0.05) is 24.9 Å². The number of aromatic nitrogens is 3. The Hall–Kier alpha value is -3.48. The van der Waals surface area contributed by atoms with Crippen LogP contribution in [-0.2, 0) is 17.6 Å². The van der Waals surface area contributed by atoms with Gasteiger partial charge in [0.05, 0.1) is 6.61 Å². The van der Waals surface area contributed by atoms with Crippen LogP contribution in [0.4, 0.5) is 0 Å². The van der Waals surface area contributed by atoms with Crippen molar-refractivity contribution in [1.29, 1.82) is 0 Å². The van der Waals surface area contributed by atoms with E-state index in [2.05, 4.69) is 32.6 Å². The van der Waals surface area contributed by atoms with Crippen LogP contribution in [0.5, 0.6) is 5.75 Å². The maximum Gasteiger partial charge on any atom is 0.273 e. The molecule has 0 atom stereocenters. The number of aromatic amines is 1. The van der Waals surface area contributed by atoms with Crippen LogP contribution < -0.4 is 15.6 Å². The first-order valence-corrected chi connectivity index (χ1v) is 11.7. The fourth-order valence-corrected chi connectivity index (χ4v) is 3.72. The molecule has 0 unspecified atom stereocenters. The third kappa shape index (κ3) is 6.75. The molecule has 1 amide bonds. The van der Waals surface area contributed by atoms with Crippen molar-refractivity contribution in [3.05, 3.63) is 76.2 Å². The molecule has 1 heterocycles. The third-order valence-corrected chi connectivity index (χ3v) is 6.00. The van der Waals surface area contributed by atoms with Crippen molar-refractivity contribution < 1.29 is 9.53 Å². The minimum atomic E-state index is -0.317. The van der Waals surface area contributed by atoms with Crippen LogP contribution in [0.15, 0.2) is 59.4 Å². The summed E-state index contributed by atoms with van der Waals surface area (Å²) in [5.74, 6) is 1.80. The van der Waals surface area contributed by atoms with Gasteiger partial charge in [0.25, 0.3) is 5.56 Å². The second kappa shape index (κ2) is 11.4. The van der Waals surface area contributed by atoms with Crippen molar-refractivity contribution in [2.75, 3.05) is 13.2 Å². The van der Waals surface area contributed by atoms with Crippen molar-refractivity contribution in [3.63, 3.8) is 0 Å². The molecule has 2 aromatic carbocycles. The standard InChI is InChI=1S/C26H30N4O3/c31-24(27-17-5-10-19-6-2-1-3-7-19)16-15-23-26(32)28-25(30-29-23)21-11-13-22(14-12-21)33-18-20-8-4-9-20/h1-3,6-7,11-14,20H,4-5,8-10,15-18H2,(H,27,31)(H,28,30,32). The van der Waals surface area contributed by atoms with Crippen molar-refractivity contribution in [1.82, 2.24) is 20.5 Å². The van der Waals surface area contributed by atoms with Crippen molar-refractivity contribution in [2.24, 2.45) is 5.92 Å². The molecule has 172 valence electrons. The molecule has 0 spiro atoms. The zero-order valence-electron chi connectivity index (χ0n) is 18.8. The average Bonchev–Trinajstić information content (AvgIpc) is 2.81. The molecule has 0 radical (unpaired) electrons. The quantitative estimate of drug-likeness (QED) is 0.438. The number of aryl methyl sites for hydroxylation is 2. The van der Waals surface area contributed by atoms with E-state index in [-0.39, 0.29) is 30.0 Å². The first-order valence-electron chi connectivity index (χ1n) is 11.7. The maximum atomic E-state index is 12.4. The Labute approximate surface area is 193 Å². The van der Waals surface area contributed by atoms with Gasteiger partial charge in [-0.15, -0.1) is 10.2 Å². The minimum Gasteiger partial charge on any atom is -0.493 e. The number of carbonyl (C=O) groups is 1. The fraction of sp³-hybridized carbons (Fsp3) is 0.385. The highest BCUT2D eigenvalue weighted by Gasteiger charge is 2.18. The van der Waals surface area contributed by atoms with Crippen LogP contribution in [0, 0.1) is 5.92 Å². The third-order valence-electron chi connectivity index (χ3n) is 6.00. The van der Waals surface area contributed by atoms with Crippen LogP contribution in [-0.4, -0.2) is 34.2 Å². The Balaban J connectivity index is 1.21. The van der Waals surface area contributed by atoms with Crippen molar-refractivity contribution in [2.45, 2.75) is 44.9 Å². The Morgan fingerprint density at radius 2 is 1.82 bits per heavy atom. The highest BCUT2D eigenvalue weighted by atomic mass is 16.5. The van der Waals surface area contributed by atoms with Crippen LogP contribution in [0.2, 0.25) is 0 Å². The minimum absolute atomic E-state index is 0.0918. The summed E-state index contributed by atoms with van der Waals surface area (Å²) in [6, 6.07) is 17.6. The largest absolute Gasteiger partial charge is 0.493 e. The molecule has 1 aliphatic carbocycles. The molecule has 0 saturated heterocycles. The Kier molecular flexibility index (Phi) is 7.85. The van der Waals surface area contributed by atoms with E-state index >= 15 is 0 Å². The zero-order chi connectivity index (χ0) is 22.9. The summed E-state index contributed by atoms with van der Waals surface area (Å²) in [4.78, 5) is 27.3. The van der Waals surface area contributed by atoms with E-state index < -0.39 is 0 Å². The predicted molar refractivity (Wildman–Crippen MR) is 127 cm³/mol. The van der Waals surface area contributed by atoms with E-state index in [9.17, 15) is 9.59 Å². The number of hydrogen-bond acceptors (Lipinski definition) is 5. The Morgan fingerprint density at radius 1 is 1.03 bits per heavy atom. The second-order valence-electron chi connectivity index (χ2n) is 8.52. The highest BCUT2D eigenvalue weighted by molar-refractivity contribution is 5.76. The number of hydrogen-bond donors (Lipinski definition) is 2. The number of carbonyl (C=O) groups excluding carboxylic acids is 1. The average molecular weight is 447 g/mol. The molecular formula is C26H30N4O3. The first-order chi connectivity index (χ1) is 16.2. The normalized spacial score (nSPS) is 13.3. The molecule has 0 bridgehead atoms.